The molecule has 0 heterocycles. The van der Waals surface area contributed by atoms with Gasteiger partial charge in [0, 0.05) is 5.56 Å². The molecule has 1 aromatic carbocycles. The van der Waals surface area contributed by atoms with Crippen LogP contribution in [0.25, 0.3) is 0 Å². The summed E-state index contributed by atoms with van der Waals surface area (Å²) in [5.74, 6) is 5.82. The maximum atomic E-state index is 9.96. The number of hydrogen-bond acceptors (Lipinski definition) is 1. The monoisotopic (exact) mass is 242 g/mol. The van der Waals surface area contributed by atoms with Crippen LogP contribution in [0, 0.1) is 11.8 Å². The highest BCUT2D eigenvalue weighted by molar-refractivity contribution is 5.41. The van der Waals surface area contributed by atoms with E-state index < -0.39 is 5.60 Å². The van der Waals surface area contributed by atoms with E-state index in [4.69, 9.17) is 0 Å². The van der Waals surface area contributed by atoms with E-state index in [0.717, 1.165) is 5.56 Å². The van der Waals surface area contributed by atoms with Gasteiger partial charge in [-0.25, -0.2) is 0 Å². The second-order valence-corrected chi connectivity index (χ2v) is 5.93. The lowest BCUT2D eigenvalue weighted by Gasteiger charge is -2.18. The van der Waals surface area contributed by atoms with Crippen LogP contribution in [0.2, 0.25) is 0 Å². The van der Waals surface area contributed by atoms with E-state index in [0.29, 0.717) is 5.57 Å². The van der Waals surface area contributed by atoms with Gasteiger partial charge >= 0.3 is 0 Å². The number of hydrogen-bond donors (Lipinski definition) is 1. The third kappa shape index (κ3) is 3.75. The zero-order valence-corrected chi connectivity index (χ0v) is 12.0. The zero-order valence-electron chi connectivity index (χ0n) is 12.0. The third-order valence-electron chi connectivity index (χ3n) is 3.03. The van der Waals surface area contributed by atoms with Gasteiger partial charge in [0.1, 0.15) is 5.60 Å². The van der Waals surface area contributed by atoms with E-state index >= 15 is 0 Å². The van der Waals surface area contributed by atoms with Crippen molar-refractivity contribution in [3.05, 3.63) is 47.5 Å². The van der Waals surface area contributed by atoms with Crippen molar-refractivity contribution in [1.82, 2.24) is 0 Å². The Bertz CT molecular complexity index is 487. The Balaban J connectivity index is 2.96. The van der Waals surface area contributed by atoms with Crippen LogP contribution in [0.15, 0.2) is 36.4 Å². The maximum absolute atomic E-state index is 9.96. The predicted octanol–water partition coefficient (Wildman–Crippen LogP) is 3.66. The molecule has 1 N–H and O–H groups in total. The summed E-state index contributed by atoms with van der Waals surface area (Å²) in [6.07, 6.45) is 0. The molecule has 0 bridgehead atoms. The van der Waals surface area contributed by atoms with Gasteiger partial charge in [0.05, 0.1) is 0 Å². The summed E-state index contributed by atoms with van der Waals surface area (Å²) in [7, 11) is 0. The molecule has 1 rings (SSSR count). The summed E-state index contributed by atoms with van der Waals surface area (Å²) in [6, 6.07) is 8.14. The first-order valence-electron chi connectivity index (χ1n) is 6.15. The minimum atomic E-state index is -1.12. The fourth-order valence-corrected chi connectivity index (χ4v) is 1.35. The molecule has 1 atom stereocenters. The molecule has 18 heavy (non-hydrogen) atoms. The second kappa shape index (κ2) is 5.00. The highest BCUT2D eigenvalue weighted by atomic mass is 16.3. The number of benzene rings is 1. The molecule has 0 spiro atoms. The predicted molar refractivity (Wildman–Crippen MR) is 77.5 cm³/mol. The van der Waals surface area contributed by atoms with Gasteiger partial charge in [0.15, 0.2) is 0 Å². The van der Waals surface area contributed by atoms with Crippen LogP contribution in [0.4, 0.5) is 0 Å². The van der Waals surface area contributed by atoms with Crippen LogP contribution in [0.1, 0.15) is 45.7 Å². The van der Waals surface area contributed by atoms with Crippen molar-refractivity contribution in [1.29, 1.82) is 0 Å². The Morgan fingerprint density at radius 1 is 1.11 bits per heavy atom. The van der Waals surface area contributed by atoms with Crippen LogP contribution >= 0.6 is 0 Å². The molecule has 1 aromatic rings. The standard InChI is InChI=1S/C17H22O/c1-13(2)17(6,18)12-11-14-7-9-15(10-8-14)16(3,4)5/h7-10,18H,1H2,2-6H3. The zero-order chi connectivity index (χ0) is 14.0. The molecular weight excluding hydrogens is 220 g/mol. The van der Waals surface area contributed by atoms with Gasteiger partial charge in [0.25, 0.3) is 0 Å². The fraction of sp³-hybridized carbons (Fsp3) is 0.412. The molecule has 1 nitrogen and oxygen atoms in total. The Morgan fingerprint density at radius 2 is 1.61 bits per heavy atom. The lowest BCUT2D eigenvalue weighted by Crippen LogP contribution is -2.22. The SMILES string of the molecule is C=C(C)C(C)(O)C#Cc1ccc(C(C)(C)C)cc1. The van der Waals surface area contributed by atoms with E-state index in [1.54, 1.807) is 13.8 Å². The van der Waals surface area contributed by atoms with Crippen LogP contribution in [-0.4, -0.2) is 10.7 Å². The number of rotatable bonds is 1. The Labute approximate surface area is 111 Å². The second-order valence-electron chi connectivity index (χ2n) is 5.93. The van der Waals surface area contributed by atoms with Crippen LogP contribution in [0.5, 0.6) is 0 Å². The summed E-state index contributed by atoms with van der Waals surface area (Å²) < 4.78 is 0. The molecular formula is C17H22O. The topological polar surface area (TPSA) is 20.2 Å². The number of aliphatic hydroxyl groups is 1. The molecule has 0 aliphatic rings. The van der Waals surface area contributed by atoms with Crippen molar-refractivity contribution < 1.29 is 5.11 Å². The molecule has 0 radical (unpaired) electrons. The van der Waals surface area contributed by atoms with E-state index in [-0.39, 0.29) is 5.41 Å². The van der Waals surface area contributed by atoms with Crippen molar-refractivity contribution >= 4 is 0 Å². The Morgan fingerprint density at radius 3 is 2.00 bits per heavy atom. The van der Waals surface area contributed by atoms with E-state index in [1.165, 1.54) is 5.56 Å². The fourth-order valence-electron chi connectivity index (χ4n) is 1.35. The molecule has 0 amide bonds. The lowest BCUT2D eigenvalue weighted by molar-refractivity contribution is 0.161. The summed E-state index contributed by atoms with van der Waals surface area (Å²) in [4.78, 5) is 0. The first kappa shape index (κ1) is 14.5. The quantitative estimate of drug-likeness (QED) is 0.588. The third-order valence-corrected chi connectivity index (χ3v) is 3.03. The smallest absolute Gasteiger partial charge is 0.144 e. The van der Waals surface area contributed by atoms with Gasteiger partial charge in [-0.1, -0.05) is 51.3 Å². The molecule has 96 valence electrons. The first-order chi connectivity index (χ1) is 8.13. The minimum Gasteiger partial charge on any atom is -0.374 e. The van der Waals surface area contributed by atoms with Crippen molar-refractivity contribution in [2.45, 2.75) is 45.6 Å². The van der Waals surface area contributed by atoms with Gasteiger partial charge in [0.2, 0.25) is 0 Å². The maximum Gasteiger partial charge on any atom is 0.144 e. The van der Waals surface area contributed by atoms with Crippen LogP contribution in [0.3, 0.4) is 0 Å². The molecule has 0 aliphatic carbocycles. The van der Waals surface area contributed by atoms with Crippen LogP contribution in [-0.2, 0) is 5.41 Å². The molecule has 0 saturated heterocycles. The van der Waals surface area contributed by atoms with Gasteiger partial charge in [-0.2, -0.15) is 0 Å². The van der Waals surface area contributed by atoms with Crippen molar-refractivity contribution in [2.24, 2.45) is 0 Å². The molecule has 0 aliphatic heterocycles. The summed E-state index contributed by atoms with van der Waals surface area (Å²) in [6.45, 7) is 13.7. The van der Waals surface area contributed by atoms with E-state index in [9.17, 15) is 5.11 Å². The van der Waals surface area contributed by atoms with E-state index in [1.807, 2.05) is 12.1 Å². The largest absolute Gasteiger partial charge is 0.374 e. The minimum absolute atomic E-state index is 0.148. The van der Waals surface area contributed by atoms with E-state index in [2.05, 4.69) is 51.3 Å². The Kier molecular flexibility index (Phi) is 4.04. The van der Waals surface area contributed by atoms with Gasteiger partial charge in [-0.15, -0.1) is 0 Å². The van der Waals surface area contributed by atoms with Crippen LogP contribution < -0.4 is 0 Å². The average molecular weight is 242 g/mol. The molecule has 1 heteroatoms. The highest BCUT2D eigenvalue weighted by Crippen LogP contribution is 2.22. The normalized spacial score (nSPS) is 14.3. The van der Waals surface area contributed by atoms with Crippen molar-refractivity contribution in [3.63, 3.8) is 0 Å². The Hall–Kier alpha value is -1.52. The van der Waals surface area contributed by atoms with Crippen molar-refractivity contribution in [2.75, 3.05) is 0 Å². The van der Waals surface area contributed by atoms with Gasteiger partial charge in [-0.05, 0) is 42.5 Å². The summed E-state index contributed by atoms with van der Waals surface area (Å²) in [5, 5.41) is 9.96. The first-order valence-corrected chi connectivity index (χ1v) is 6.15. The molecule has 0 aromatic heterocycles. The molecule has 0 fully saturated rings. The molecule has 0 saturated carbocycles. The summed E-state index contributed by atoms with van der Waals surface area (Å²) >= 11 is 0. The van der Waals surface area contributed by atoms with Gasteiger partial charge < -0.3 is 5.11 Å². The lowest BCUT2D eigenvalue weighted by atomic mass is 9.87. The highest BCUT2D eigenvalue weighted by Gasteiger charge is 2.17. The average Bonchev–Trinajstić information content (AvgIpc) is 2.25. The van der Waals surface area contributed by atoms with Gasteiger partial charge in [-0.3, -0.25) is 0 Å². The summed E-state index contributed by atoms with van der Waals surface area (Å²) in [5.41, 5.74) is 1.86. The van der Waals surface area contributed by atoms with Crippen molar-refractivity contribution in [3.8, 4) is 11.8 Å². The molecule has 1 unspecified atom stereocenters.